The van der Waals surface area contributed by atoms with Gasteiger partial charge in [-0.3, -0.25) is 0 Å². The van der Waals surface area contributed by atoms with Crippen molar-refractivity contribution in [1.29, 1.82) is 0 Å². The summed E-state index contributed by atoms with van der Waals surface area (Å²) in [6.07, 6.45) is 1.39. The van der Waals surface area contributed by atoms with Crippen LogP contribution in [0.1, 0.15) is 43.7 Å². The lowest BCUT2D eigenvalue weighted by atomic mass is 9.97. The predicted octanol–water partition coefficient (Wildman–Crippen LogP) is 4.17. The van der Waals surface area contributed by atoms with Gasteiger partial charge in [0.05, 0.1) is 11.6 Å². The maximum Gasteiger partial charge on any atom is 0.410 e. The number of hydrogen-bond acceptors (Lipinski definition) is 3. The van der Waals surface area contributed by atoms with E-state index in [0.717, 1.165) is 12.8 Å². The van der Waals surface area contributed by atoms with Crippen molar-refractivity contribution in [3.63, 3.8) is 0 Å². The van der Waals surface area contributed by atoms with Gasteiger partial charge in [0.15, 0.2) is 0 Å². The average molecular weight is 351 g/mol. The quantitative estimate of drug-likeness (QED) is 0.903. The fraction of sp³-hybridized carbons (Fsp3) is 0.409. The molecule has 0 radical (unpaired) electrons. The zero-order valence-corrected chi connectivity index (χ0v) is 15.3. The van der Waals surface area contributed by atoms with Crippen molar-refractivity contribution in [3.8, 4) is 11.1 Å². The summed E-state index contributed by atoms with van der Waals surface area (Å²) in [6.45, 7) is 4.48. The van der Waals surface area contributed by atoms with E-state index in [4.69, 9.17) is 4.74 Å². The van der Waals surface area contributed by atoms with Gasteiger partial charge in [-0.05, 0) is 48.9 Å². The molecular weight excluding hydrogens is 326 g/mol. The molecule has 0 bridgehead atoms. The highest BCUT2D eigenvalue weighted by molar-refractivity contribution is 5.79. The van der Waals surface area contributed by atoms with Gasteiger partial charge >= 0.3 is 6.09 Å². The number of benzene rings is 2. The van der Waals surface area contributed by atoms with Crippen LogP contribution in [-0.2, 0) is 4.74 Å². The number of carbonyl (C=O) groups excluding carboxylic acids is 1. The molecule has 2 aromatic rings. The molecular formula is C22H25NO3. The first-order valence-corrected chi connectivity index (χ1v) is 9.31. The molecule has 2 aliphatic rings. The number of fused-ring (bicyclic) bond motifs is 3. The van der Waals surface area contributed by atoms with E-state index < -0.39 is 5.60 Å². The Balaban J connectivity index is 1.52. The van der Waals surface area contributed by atoms with E-state index >= 15 is 0 Å². The maximum absolute atomic E-state index is 12.7. The van der Waals surface area contributed by atoms with Crippen molar-refractivity contribution < 1.29 is 14.6 Å². The van der Waals surface area contributed by atoms with E-state index in [9.17, 15) is 9.90 Å². The molecule has 26 heavy (non-hydrogen) atoms. The Morgan fingerprint density at radius 1 is 1.12 bits per heavy atom. The Kier molecular flexibility index (Phi) is 4.23. The summed E-state index contributed by atoms with van der Waals surface area (Å²) in [5.74, 6) is 0.0644. The van der Waals surface area contributed by atoms with E-state index in [1.807, 2.05) is 24.3 Å². The second-order valence-corrected chi connectivity index (χ2v) is 7.81. The van der Waals surface area contributed by atoms with Gasteiger partial charge in [-0.25, -0.2) is 4.79 Å². The monoisotopic (exact) mass is 351 g/mol. The highest BCUT2D eigenvalue weighted by atomic mass is 16.6. The van der Waals surface area contributed by atoms with E-state index in [-0.39, 0.29) is 18.1 Å². The van der Waals surface area contributed by atoms with Crippen molar-refractivity contribution >= 4 is 6.09 Å². The average Bonchev–Trinajstić information content (AvgIpc) is 3.23. The molecule has 1 atom stereocenters. The standard InChI is InChI=1S/C22H25NO3/c1-22(2,25)20-12-7-13-23(20)21(24)26-14-19-17-10-5-3-8-15(17)16-9-4-6-11-18(16)19/h3-6,8-11,19-20,25H,7,12-14H2,1-2H3/t20-/m1/s1. The molecule has 1 aliphatic carbocycles. The number of nitrogens with zero attached hydrogens (tertiary/aromatic N) is 1. The largest absolute Gasteiger partial charge is 0.448 e. The molecule has 4 nitrogen and oxygen atoms in total. The van der Waals surface area contributed by atoms with Crippen LogP contribution in [0.5, 0.6) is 0 Å². The zero-order valence-electron chi connectivity index (χ0n) is 15.3. The molecule has 1 fully saturated rings. The van der Waals surface area contributed by atoms with Crippen molar-refractivity contribution in [2.75, 3.05) is 13.2 Å². The Hall–Kier alpha value is -2.33. The SMILES string of the molecule is CC(C)(O)[C@H]1CCCN1C(=O)OCC1c2ccccc2-c2ccccc21. The summed E-state index contributed by atoms with van der Waals surface area (Å²) < 4.78 is 5.72. The van der Waals surface area contributed by atoms with Gasteiger partial charge < -0.3 is 14.7 Å². The molecule has 4 rings (SSSR count). The Morgan fingerprint density at radius 2 is 1.69 bits per heavy atom. The zero-order chi connectivity index (χ0) is 18.3. The van der Waals surface area contributed by atoms with Crippen LogP contribution < -0.4 is 0 Å². The third-order valence-electron chi connectivity index (χ3n) is 5.64. The van der Waals surface area contributed by atoms with E-state index in [1.54, 1.807) is 18.7 Å². The predicted molar refractivity (Wildman–Crippen MR) is 101 cm³/mol. The first-order valence-electron chi connectivity index (χ1n) is 9.31. The molecule has 1 amide bonds. The topological polar surface area (TPSA) is 49.8 Å². The summed E-state index contributed by atoms with van der Waals surface area (Å²) in [7, 11) is 0. The summed E-state index contributed by atoms with van der Waals surface area (Å²) in [6, 6.07) is 16.4. The van der Waals surface area contributed by atoms with Crippen LogP contribution in [0.3, 0.4) is 0 Å². The third-order valence-corrected chi connectivity index (χ3v) is 5.64. The highest BCUT2D eigenvalue weighted by Crippen LogP contribution is 2.44. The van der Waals surface area contributed by atoms with Crippen molar-refractivity contribution in [2.45, 2.75) is 44.2 Å². The van der Waals surface area contributed by atoms with Gasteiger partial charge in [0.1, 0.15) is 6.61 Å². The smallest absolute Gasteiger partial charge is 0.410 e. The van der Waals surface area contributed by atoms with Crippen LogP contribution in [0.4, 0.5) is 4.79 Å². The van der Waals surface area contributed by atoms with Gasteiger partial charge in [-0.15, -0.1) is 0 Å². The van der Waals surface area contributed by atoms with Crippen molar-refractivity contribution in [3.05, 3.63) is 59.7 Å². The molecule has 0 saturated carbocycles. The van der Waals surface area contributed by atoms with Gasteiger partial charge in [0.25, 0.3) is 0 Å². The third kappa shape index (κ3) is 2.88. The number of aliphatic hydroxyl groups is 1. The van der Waals surface area contributed by atoms with Gasteiger partial charge in [-0.2, -0.15) is 0 Å². The number of rotatable bonds is 3. The number of likely N-dealkylation sites (tertiary alicyclic amines) is 1. The molecule has 1 heterocycles. The van der Waals surface area contributed by atoms with Crippen molar-refractivity contribution in [1.82, 2.24) is 4.90 Å². The summed E-state index contributed by atoms with van der Waals surface area (Å²) in [5, 5.41) is 10.3. The lowest BCUT2D eigenvalue weighted by Gasteiger charge is -2.33. The molecule has 2 aromatic carbocycles. The van der Waals surface area contributed by atoms with E-state index in [1.165, 1.54) is 22.3 Å². The number of ether oxygens (including phenoxy) is 1. The number of carbonyl (C=O) groups is 1. The summed E-state index contributed by atoms with van der Waals surface area (Å²) in [4.78, 5) is 14.4. The highest BCUT2D eigenvalue weighted by Gasteiger charge is 2.39. The minimum absolute atomic E-state index is 0.0644. The molecule has 1 N–H and O–H groups in total. The van der Waals surface area contributed by atoms with Gasteiger partial charge in [0.2, 0.25) is 0 Å². The summed E-state index contributed by atoms with van der Waals surface area (Å²) in [5.41, 5.74) is 3.95. The Labute approximate surface area is 154 Å². The van der Waals surface area contributed by atoms with Crippen LogP contribution in [0, 0.1) is 0 Å². The Morgan fingerprint density at radius 3 is 2.27 bits per heavy atom. The first kappa shape index (κ1) is 17.1. The molecule has 1 saturated heterocycles. The molecule has 136 valence electrons. The first-order chi connectivity index (χ1) is 12.5. The lowest BCUT2D eigenvalue weighted by molar-refractivity contribution is -0.00474. The summed E-state index contributed by atoms with van der Waals surface area (Å²) >= 11 is 0. The number of amides is 1. The molecule has 4 heteroatoms. The normalized spacial score (nSPS) is 19.3. The molecule has 1 aliphatic heterocycles. The van der Waals surface area contributed by atoms with E-state index in [2.05, 4.69) is 24.3 Å². The molecule has 0 aromatic heterocycles. The maximum atomic E-state index is 12.7. The fourth-order valence-corrected chi connectivity index (χ4v) is 4.40. The Bertz CT molecular complexity index is 779. The fourth-order valence-electron chi connectivity index (χ4n) is 4.40. The number of hydrogen-bond donors (Lipinski definition) is 1. The van der Waals surface area contributed by atoms with Crippen LogP contribution >= 0.6 is 0 Å². The second-order valence-electron chi connectivity index (χ2n) is 7.81. The van der Waals surface area contributed by atoms with Crippen molar-refractivity contribution in [2.24, 2.45) is 0 Å². The van der Waals surface area contributed by atoms with Gasteiger partial charge in [0, 0.05) is 12.5 Å². The molecule has 0 spiro atoms. The minimum atomic E-state index is -0.915. The molecule has 0 unspecified atom stereocenters. The van der Waals surface area contributed by atoms with Crippen LogP contribution in [0.2, 0.25) is 0 Å². The van der Waals surface area contributed by atoms with Crippen LogP contribution in [-0.4, -0.2) is 40.9 Å². The minimum Gasteiger partial charge on any atom is -0.448 e. The van der Waals surface area contributed by atoms with Gasteiger partial charge in [-0.1, -0.05) is 48.5 Å². The second kappa shape index (κ2) is 6.44. The van der Waals surface area contributed by atoms with E-state index in [0.29, 0.717) is 13.2 Å². The lowest BCUT2D eigenvalue weighted by Crippen LogP contribution is -2.48. The van der Waals surface area contributed by atoms with Crippen LogP contribution in [0.15, 0.2) is 48.5 Å². The van der Waals surface area contributed by atoms with Crippen LogP contribution in [0.25, 0.3) is 11.1 Å².